The molecule has 0 saturated heterocycles. The Hall–Kier alpha value is -1.45. The molecule has 4 saturated carbocycles. The Morgan fingerprint density at radius 3 is 2.21 bits per heavy atom. The summed E-state index contributed by atoms with van der Waals surface area (Å²) in [5.41, 5.74) is -0.205. The summed E-state index contributed by atoms with van der Waals surface area (Å²) < 4.78 is 0. The molecular weight excluding hydrogens is 424 g/mol. The summed E-state index contributed by atoms with van der Waals surface area (Å²) in [5.74, 6) is 0.222. The van der Waals surface area contributed by atoms with E-state index in [2.05, 4.69) is 41.5 Å². The average Bonchev–Trinajstić information content (AvgIpc) is 2.73. The molecule has 1 N–H and O–H groups in total. The molecule has 1 unspecified atom stereocenters. The van der Waals surface area contributed by atoms with Gasteiger partial charge >= 0.3 is 5.97 Å². The number of carbonyl (C=O) groups excluding carboxylic acids is 2. The Kier molecular flexibility index (Phi) is 4.89. The summed E-state index contributed by atoms with van der Waals surface area (Å²) in [6, 6.07) is 0. The van der Waals surface area contributed by atoms with Gasteiger partial charge in [0.15, 0.2) is 5.78 Å². The second kappa shape index (κ2) is 6.85. The minimum Gasteiger partial charge on any atom is -0.481 e. The van der Waals surface area contributed by atoms with Crippen molar-refractivity contribution in [1.29, 1.82) is 0 Å². The lowest BCUT2D eigenvalue weighted by atomic mass is 9.33. The third-order valence-corrected chi connectivity index (χ3v) is 12.8. The Morgan fingerprint density at radius 2 is 1.56 bits per heavy atom. The molecule has 0 aromatic heterocycles. The van der Waals surface area contributed by atoms with E-state index < -0.39 is 11.4 Å². The van der Waals surface area contributed by atoms with Crippen molar-refractivity contribution >= 4 is 17.5 Å². The molecule has 188 valence electrons. The molecule has 34 heavy (non-hydrogen) atoms. The molecular formula is C30H44O4. The lowest BCUT2D eigenvalue weighted by Gasteiger charge is -2.69. The van der Waals surface area contributed by atoms with E-state index in [0.717, 1.165) is 44.9 Å². The molecule has 0 spiro atoms. The van der Waals surface area contributed by atoms with Gasteiger partial charge in [0.05, 0.1) is 5.41 Å². The van der Waals surface area contributed by atoms with Crippen molar-refractivity contribution < 1.29 is 19.5 Å². The second-order valence-corrected chi connectivity index (χ2v) is 14.7. The Morgan fingerprint density at radius 1 is 0.912 bits per heavy atom. The standard InChI is InChI=1S/C30H44O4/c1-25(2)21-8-11-30(7)23(28(21,5)10-9-22(25)32)20(31)16-18-19-17-27(4,24(33)34)13-12-26(19,3)14-15-29(18,30)6/h16,19,21,23H,8-15,17H2,1-7H3,(H,33,34)/t19-,21?,23-,26-,27-,28+,29-,30-/m1/s1. The van der Waals surface area contributed by atoms with E-state index in [1.54, 1.807) is 0 Å². The fourth-order valence-electron chi connectivity index (χ4n) is 10.2. The van der Waals surface area contributed by atoms with E-state index in [9.17, 15) is 19.5 Å². The zero-order chi connectivity index (χ0) is 25.1. The first kappa shape index (κ1) is 24.3. The average molecular weight is 469 g/mol. The topological polar surface area (TPSA) is 71.4 Å². The summed E-state index contributed by atoms with van der Waals surface area (Å²) in [5, 5.41) is 10.0. The minimum atomic E-state index is -0.721. The van der Waals surface area contributed by atoms with Crippen molar-refractivity contribution in [2.24, 2.45) is 50.2 Å². The maximum absolute atomic E-state index is 14.2. The molecule has 0 heterocycles. The monoisotopic (exact) mass is 468 g/mol. The van der Waals surface area contributed by atoms with Crippen LogP contribution in [0, 0.1) is 50.2 Å². The van der Waals surface area contributed by atoms with Gasteiger partial charge in [0.1, 0.15) is 5.78 Å². The SMILES string of the molecule is CC1(C)C(=O)CC[C@@]2(C)C1CC[C@]1(C)[C@@H]2C(=O)C=C2[C@H]3C[C@](C)(C(=O)O)CC[C@]3(C)CC[C@]21C. The molecule has 0 amide bonds. The Bertz CT molecular complexity index is 1010. The van der Waals surface area contributed by atoms with Crippen molar-refractivity contribution in [1.82, 2.24) is 0 Å². The van der Waals surface area contributed by atoms with Gasteiger partial charge < -0.3 is 5.11 Å². The number of aliphatic carboxylic acids is 1. The normalized spacial score (nSPS) is 52.0. The van der Waals surface area contributed by atoms with Gasteiger partial charge in [0.2, 0.25) is 0 Å². The van der Waals surface area contributed by atoms with Crippen molar-refractivity contribution in [2.45, 2.75) is 106 Å². The van der Waals surface area contributed by atoms with Crippen LogP contribution in [-0.4, -0.2) is 22.6 Å². The van der Waals surface area contributed by atoms with Crippen molar-refractivity contribution in [3.63, 3.8) is 0 Å². The van der Waals surface area contributed by atoms with E-state index in [0.29, 0.717) is 18.6 Å². The first-order chi connectivity index (χ1) is 15.6. The maximum Gasteiger partial charge on any atom is 0.309 e. The number of carbonyl (C=O) groups is 3. The predicted molar refractivity (Wildman–Crippen MR) is 132 cm³/mol. The van der Waals surface area contributed by atoms with Crippen LogP contribution in [0.4, 0.5) is 0 Å². The summed E-state index contributed by atoms with van der Waals surface area (Å²) in [6.07, 6.45) is 9.78. The molecule has 0 bridgehead atoms. The number of allylic oxidation sites excluding steroid dienone is 2. The van der Waals surface area contributed by atoms with Gasteiger partial charge in [-0.25, -0.2) is 0 Å². The van der Waals surface area contributed by atoms with Gasteiger partial charge in [-0.2, -0.15) is 0 Å². The number of fused-ring (bicyclic) bond motifs is 7. The molecule has 0 aromatic carbocycles. The van der Waals surface area contributed by atoms with Gasteiger partial charge in [-0.05, 0) is 97.9 Å². The van der Waals surface area contributed by atoms with Crippen molar-refractivity contribution in [2.75, 3.05) is 0 Å². The molecule has 0 aliphatic heterocycles. The van der Waals surface area contributed by atoms with Crippen LogP contribution in [0.15, 0.2) is 11.6 Å². The van der Waals surface area contributed by atoms with Gasteiger partial charge in [-0.1, -0.05) is 47.1 Å². The van der Waals surface area contributed by atoms with E-state index in [-0.39, 0.29) is 50.6 Å². The number of hydrogen-bond donors (Lipinski definition) is 1. The smallest absolute Gasteiger partial charge is 0.309 e. The number of carboxylic acids is 1. The molecule has 0 aromatic rings. The first-order valence-electron chi connectivity index (χ1n) is 13.6. The number of Topliss-reactive ketones (excluding diaryl/α,β-unsaturated/α-hetero) is 1. The van der Waals surface area contributed by atoms with Crippen LogP contribution in [0.2, 0.25) is 0 Å². The third kappa shape index (κ3) is 2.75. The third-order valence-electron chi connectivity index (χ3n) is 12.8. The fraction of sp³-hybridized carbons (Fsp3) is 0.833. The zero-order valence-electron chi connectivity index (χ0n) is 22.3. The Labute approximate surface area is 205 Å². The van der Waals surface area contributed by atoms with Gasteiger partial charge in [0.25, 0.3) is 0 Å². The highest BCUT2D eigenvalue weighted by Crippen LogP contribution is 2.74. The van der Waals surface area contributed by atoms with Crippen LogP contribution in [0.5, 0.6) is 0 Å². The molecule has 4 fully saturated rings. The fourth-order valence-corrected chi connectivity index (χ4v) is 10.2. The summed E-state index contributed by atoms with van der Waals surface area (Å²) in [6.45, 7) is 15.5. The summed E-state index contributed by atoms with van der Waals surface area (Å²) in [4.78, 5) is 39.3. The van der Waals surface area contributed by atoms with Gasteiger partial charge in [0, 0.05) is 17.8 Å². The Balaban J connectivity index is 1.63. The van der Waals surface area contributed by atoms with Gasteiger partial charge in [-0.15, -0.1) is 0 Å². The molecule has 5 aliphatic carbocycles. The highest BCUT2D eigenvalue weighted by atomic mass is 16.4. The van der Waals surface area contributed by atoms with E-state index in [1.807, 2.05) is 13.0 Å². The highest BCUT2D eigenvalue weighted by Gasteiger charge is 2.70. The summed E-state index contributed by atoms with van der Waals surface area (Å²) in [7, 11) is 0. The lowest BCUT2D eigenvalue weighted by molar-refractivity contribution is -0.188. The molecule has 8 atom stereocenters. The van der Waals surface area contributed by atoms with Crippen LogP contribution in [-0.2, 0) is 14.4 Å². The largest absolute Gasteiger partial charge is 0.481 e. The van der Waals surface area contributed by atoms with Gasteiger partial charge in [-0.3, -0.25) is 14.4 Å². The zero-order valence-corrected chi connectivity index (χ0v) is 22.3. The molecule has 4 nitrogen and oxygen atoms in total. The first-order valence-corrected chi connectivity index (χ1v) is 13.6. The summed E-state index contributed by atoms with van der Waals surface area (Å²) >= 11 is 0. The van der Waals surface area contributed by atoms with E-state index in [4.69, 9.17) is 0 Å². The minimum absolute atomic E-state index is 0.0707. The molecule has 5 aliphatic rings. The molecule has 4 heteroatoms. The van der Waals surface area contributed by atoms with E-state index in [1.165, 1.54) is 5.57 Å². The number of carboxylic acid groups (broad SMARTS) is 1. The highest BCUT2D eigenvalue weighted by molar-refractivity contribution is 5.96. The van der Waals surface area contributed by atoms with Crippen LogP contribution < -0.4 is 0 Å². The van der Waals surface area contributed by atoms with Crippen LogP contribution in [0.25, 0.3) is 0 Å². The van der Waals surface area contributed by atoms with Crippen molar-refractivity contribution in [3.8, 4) is 0 Å². The van der Waals surface area contributed by atoms with Crippen LogP contribution >= 0.6 is 0 Å². The number of hydrogen-bond acceptors (Lipinski definition) is 3. The van der Waals surface area contributed by atoms with E-state index >= 15 is 0 Å². The molecule has 5 rings (SSSR count). The quantitative estimate of drug-likeness (QED) is 0.469. The predicted octanol–water partition coefficient (Wildman–Crippen LogP) is 6.62. The number of ketones is 2. The molecule has 0 radical (unpaired) electrons. The lowest BCUT2D eigenvalue weighted by Crippen LogP contribution is -2.66. The van der Waals surface area contributed by atoms with Crippen molar-refractivity contribution in [3.05, 3.63) is 11.6 Å². The van der Waals surface area contributed by atoms with Crippen LogP contribution in [0.3, 0.4) is 0 Å². The maximum atomic E-state index is 14.2. The number of rotatable bonds is 1. The second-order valence-electron chi connectivity index (χ2n) is 14.7. The van der Waals surface area contributed by atoms with Crippen LogP contribution in [0.1, 0.15) is 106 Å².